The number of hydrogen-bond acceptors (Lipinski definition) is 4. The van der Waals surface area contributed by atoms with Crippen LogP contribution in [-0.2, 0) is 10.0 Å². The number of likely N-dealkylation sites (N-methyl/N-ethyl adjacent to an activating group) is 1. The van der Waals surface area contributed by atoms with E-state index >= 15 is 0 Å². The molecule has 1 atom stereocenters. The molecular formula is C13H19N3O2S2. The lowest BCUT2D eigenvalue weighted by Crippen LogP contribution is -2.38. The number of nitrogens with two attached hydrogens (primary N) is 1. The minimum atomic E-state index is -3.59. The van der Waals surface area contributed by atoms with Crippen molar-refractivity contribution in [2.75, 3.05) is 20.1 Å². The monoisotopic (exact) mass is 313 g/mol. The fourth-order valence-corrected chi connectivity index (χ4v) is 3.96. The molecule has 0 aromatic heterocycles. The van der Waals surface area contributed by atoms with Crippen molar-refractivity contribution < 1.29 is 8.42 Å². The molecule has 5 nitrogen and oxygen atoms in total. The predicted molar refractivity (Wildman–Crippen MR) is 83.2 cm³/mol. The topological polar surface area (TPSA) is 75.4 Å². The minimum absolute atomic E-state index is 0.0870. The maximum absolute atomic E-state index is 12.4. The molecule has 0 bridgehead atoms. The molecule has 1 heterocycles. The fraction of sp³-hybridized carbons (Fsp3) is 0.462. The highest BCUT2D eigenvalue weighted by atomic mass is 32.2. The largest absolute Gasteiger partial charge is 0.389 e. The van der Waals surface area contributed by atoms with E-state index in [-0.39, 0.29) is 15.9 Å². The highest BCUT2D eigenvalue weighted by molar-refractivity contribution is 7.89. The van der Waals surface area contributed by atoms with Crippen LogP contribution in [0, 0.1) is 0 Å². The molecule has 20 heavy (non-hydrogen) atoms. The maximum atomic E-state index is 12.4. The molecule has 1 fully saturated rings. The number of nitrogens with zero attached hydrogens (tertiary/aromatic N) is 1. The smallest absolute Gasteiger partial charge is 0.241 e. The lowest BCUT2D eigenvalue weighted by Gasteiger charge is -2.20. The normalized spacial score (nSPS) is 20.1. The highest BCUT2D eigenvalue weighted by Crippen LogP contribution is 2.17. The first-order valence-corrected chi connectivity index (χ1v) is 8.39. The second kappa shape index (κ2) is 6.17. The van der Waals surface area contributed by atoms with Crippen LogP contribution in [0.1, 0.15) is 18.4 Å². The number of hydrogen-bond donors (Lipinski definition) is 2. The molecule has 2 rings (SSSR count). The third-order valence-corrected chi connectivity index (χ3v) is 5.32. The van der Waals surface area contributed by atoms with Gasteiger partial charge in [-0.25, -0.2) is 13.1 Å². The molecule has 1 aliphatic rings. The van der Waals surface area contributed by atoms with Crippen LogP contribution >= 0.6 is 12.2 Å². The SMILES string of the molecule is CN1CCCC1CNS(=O)(=O)c1ccccc1C(N)=S. The lowest BCUT2D eigenvalue weighted by molar-refractivity contribution is 0.311. The Morgan fingerprint density at radius 2 is 2.20 bits per heavy atom. The van der Waals surface area contributed by atoms with E-state index in [1.165, 1.54) is 6.07 Å². The van der Waals surface area contributed by atoms with Crippen LogP contribution in [0.4, 0.5) is 0 Å². The number of sulfonamides is 1. The van der Waals surface area contributed by atoms with Crippen molar-refractivity contribution in [2.24, 2.45) is 5.73 Å². The van der Waals surface area contributed by atoms with Gasteiger partial charge >= 0.3 is 0 Å². The molecule has 1 aliphatic heterocycles. The maximum Gasteiger partial charge on any atom is 0.241 e. The van der Waals surface area contributed by atoms with Crippen LogP contribution in [-0.4, -0.2) is 44.5 Å². The minimum Gasteiger partial charge on any atom is -0.389 e. The van der Waals surface area contributed by atoms with Crippen LogP contribution < -0.4 is 10.5 Å². The predicted octanol–water partition coefficient (Wildman–Crippen LogP) is 0.693. The summed E-state index contributed by atoms with van der Waals surface area (Å²) >= 11 is 4.91. The first-order valence-electron chi connectivity index (χ1n) is 6.50. The van der Waals surface area contributed by atoms with Crippen LogP contribution in [0.15, 0.2) is 29.2 Å². The van der Waals surface area contributed by atoms with Gasteiger partial charge in [-0.2, -0.15) is 0 Å². The van der Waals surface area contributed by atoms with Crippen LogP contribution in [0.25, 0.3) is 0 Å². The Balaban J connectivity index is 2.16. The zero-order valence-corrected chi connectivity index (χ0v) is 13.0. The van der Waals surface area contributed by atoms with Gasteiger partial charge in [0.05, 0.1) is 4.90 Å². The molecule has 0 amide bonds. The van der Waals surface area contributed by atoms with Crippen molar-refractivity contribution in [3.8, 4) is 0 Å². The van der Waals surface area contributed by atoms with E-state index in [2.05, 4.69) is 9.62 Å². The molecule has 1 unspecified atom stereocenters. The van der Waals surface area contributed by atoms with Crippen molar-refractivity contribution in [1.29, 1.82) is 0 Å². The highest BCUT2D eigenvalue weighted by Gasteiger charge is 2.25. The summed E-state index contributed by atoms with van der Waals surface area (Å²) in [5, 5.41) is 0. The molecule has 0 saturated carbocycles. The quantitative estimate of drug-likeness (QED) is 0.783. The van der Waals surface area contributed by atoms with Gasteiger partial charge in [-0.05, 0) is 32.5 Å². The van der Waals surface area contributed by atoms with E-state index in [4.69, 9.17) is 18.0 Å². The third-order valence-electron chi connectivity index (χ3n) is 3.62. The number of rotatable bonds is 5. The molecule has 1 aromatic rings. The number of benzene rings is 1. The number of likely N-dealkylation sites (tertiary alicyclic amines) is 1. The number of thiocarbonyl (C=S) groups is 1. The van der Waals surface area contributed by atoms with Crippen molar-refractivity contribution >= 4 is 27.2 Å². The van der Waals surface area contributed by atoms with Crippen molar-refractivity contribution in [3.05, 3.63) is 29.8 Å². The fourth-order valence-electron chi connectivity index (χ4n) is 2.43. The van der Waals surface area contributed by atoms with Crippen molar-refractivity contribution in [2.45, 2.75) is 23.8 Å². The van der Waals surface area contributed by atoms with Gasteiger partial charge in [0.2, 0.25) is 10.0 Å². The average molecular weight is 313 g/mol. The summed E-state index contributed by atoms with van der Waals surface area (Å²) in [5.41, 5.74) is 5.97. The first kappa shape index (κ1) is 15.4. The molecule has 1 aromatic carbocycles. The third kappa shape index (κ3) is 3.35. The molecule has 110 valence electrons. The number of nitrogens with one attached hydrogen (secondary N) is 1. The Morgan fingerprint density at radius 1 is 1.50 bits per heavy atom. The second-order valence-corrected chi connectivity index (χ2v) is 7.16. The molecule has 0 aliphatic carbocycles. The van der Waals surface area contributed by atoms with Crippen LogP contribution in [0.3, 0.4) is 0 Å². The van der Waals surface area contributed by atoms with Crippen LogP contribution in [0.5, 0.6) is 0 Å². The van der Waals surface area contributed by atoms with Gasteiger partial charge in [0.1, 0.15) is 4.99 Å². The first-order chi connectivity index (χ1) is 9.42. The molecule has 0 radical (unpaired) electrons. The van der Waals surface area contributed by atoms with E-state index < -0.39 is 10.0 Å². The van der Waals surface area contributed by atoms with Gasteiger partial charge < -0.3 is 10.6 Å². The molecule has 1 saturated heterocycles. The van der Waals surface area contributed by atoms with Gasteiger partial charge in [0, 0.05) is 18.2 Å². The van der Waals surface area contributed by atoms with E-state index in [0.717, 1.165) is 19.4 Å². The van der Waals surface area contributed by atoms with E-state index in [1.54, 1.807) is 18.2 Å². The Kier molecular flexibility index (Phi) is 4.74. The molecule has 7 heteroatoms. The standard InChI is InChI=1S/C13H19N3O2S2/c1-16-8-4-5-10(16)9-15-20(17,18)12-7-3-2-6-11(12)13(14)19/h2-3,6-7,10,15H,4-5,8-9H2,1H3,(H2,14,19). The van der Waals surface area contributed by atoms with E-state index in [9.17, 15) is 8.42 Å². The Morgan fingerprint density at radius 3 is 2.80 bits per heavy atom. The van der Waals surface area contributed by atoms with Gasteiger partial charge in [0.25, 0.3) is 0 Å². The Hall–Kier alpha value is -1.02. The average Bonchev–Trinajstić information content (AvgIpc) is 2.82. The molecular weight excluding hydrogens is 294 g/mol. The Labute approximate surface area is 125 Å². The van der Waals surface area contributed by atoms with E-state index in [0.29, 0.717) is 12.1 Å². The summed E-state index contributed by atoms with van der Waals surface area (Å²) in [7, 11) is -1.58. The lowest BCUT2D eigenvalue weighted by atomic mass is 10.2. The van der Waals surface area contributed by atoms with E-state index in [1.807, 2.05) is 7.05 Å². The van der Waals surface area contributed by atoms with Gasteiger partial charge in [0.15, 0.2) is 0 Å². The summed E-state index contributed by atoms with van der Waals surface area (Å²) in [5.74, 6) is 0. The zero-order chi connectivity index (χ0) is 14.8. The summed E-state index contributed by atoms with van der Waals surface area (Å²) in [6.07, 6.45) is 2.11. The summed E-state index contributed by atoms with van der Waals surface area (Å²) < 4.78 is 27.4. The summed E-state index contributed by atoms with van der Waals surface area (Å²) in [4.78, 5) is 2.40. The zero-order valence-electron chi connectivity index (χ0n) is 11.4. The Bertz CT molecular complexity index is 601. The summed E-state index contributed by atoms with van der Waals surface area (Å²) in [6.45, 7) is 1.42. The molecule has 0 spiro atoms. The summed E-state index contributed by atoms with van der Waals surface area (Å²) in [6, 6.07) is 6.78. The second-order valence-electron chi connectivity index (χ2n) is 4.99. The van der Waals surface area contributed by atoms with Crippen LogP contribution in [0.2, 0.25) is 0 Å². The van der Waals surface area contributed by atoms with Crippen molar-refractivity contribution in [3.63, 3.8) is 0 Å². The van der Waals surface area contributed by atoms with Gasteiger partial charge in [-0.15, -0.1) is 0 Å². The van der Waals surface area contributed by atoms with Gasteiger partial charge in [-0.1, -0.05) is 30.4 Å². The van der Waals surface area contributed by atoms with Gasteiger partial charge in [-0.3, -0.25) is 0 Å². The van der Waals surface area contributed by atoms with Crippen molar-refractivity contribution in [1.82, 2.24) is 9.62 Å². The molecule has 3 N–H and O–H groups in total.